The minimum atomic E-state index is -0.687. The second-order valence-electron chi connectivity index (χ2n) is 4.07. The van der Waals surface area contributed by atoms with E-state index in [0.29, 0.717) is 0 Å². The third-order valence-electron chi connectivity index (χ3n) is 3.11. The van der Waals surface area contributed by atoms with Gasteiger partial charge in [-0.2, -0.15) is 0 Å². The highest BCUT2D eigenvalue weighted by molar-refractivity contribution is 5.85. The van der Waals surface area contributed by atoms with E-state index < -0.39 is 5.97 Å². The molecule has 1 aromatic rings. The summed E-state index contributed by atoms with van der Waals surface area (Å²) in [7, 11) is 1.99. The Morgan fingerprint density at radius 3 is 2.56 bits per heavy atom. The van der Waals surface area contributed by atoms with Crippen molar-refractivity contribution < 1.29 is 9.90 Å². The Bertz CT molecular complexity index is 355. The Kier molecular flexibility index (Phi) is 4.33. The van der Waals surface area contributed by atoms with Crippen LogP contribution >= 0.6 is 12.4 Å². The van der Waals surface area contributed by atoms with Crippen LogP contribution in [0, 0.1) is 5.92 Å². The molecule has 88 valence electrons. The van der Waals surface area contributed by atoms with E-state index >= 15 is 0 Å². The number of benzene rings is 1. The van der Waals surface area contributed by atoms with Crippen LogP contribution in [0.4, 0.5) is 0 Å². The molecule has 3 nitrogen and oxygen atoms in total. The van der Waals surface area contributed by atoms with Crippen molar-refractivity contribution in [3.05, 3.63) is 35.9 Å². The van der Waals surface area contributed by atoms with Gasteiger partial charge in [-0.3, -0.25) is 9.69 Å². The van der Waals surface area contributed by atoms with E-state index in [0.717, 1.165) is 18.5 Å². The molecule has 0 aliphatic carbocycles. The lowest BCUT2D eigenvalue weighted by Crippen LogP contribution is -2.25. The number of aliphatic carboxylic acids is 1. The molecule has 0 amide bonds. The molecular weight excluding hydrogens is 226 g/mol. The van der Waals surface area contributed by atoms with Crippen LogP contribution in [0.2, 0.25) is 0 Å². The molecule has 2 rings (SSSR count). The minimum absolute atomic E-state index is 0. The number of halogens is 1. The molecular formula is C12H16ClNO2. The predicted octanol–water partition coefficient (Wildman–Crippen LogP) is 2.19. The summed E-state index contributed by atoms with van der Waals surface area (Å²) in [6, 6.07) is 9.91. The molecule has 1 fully saturated rings. The highest BCUT2D eigenvalue weighted by atomic mass is 35.5. The highest BCUT2D eigenvalue weighted by Crippen LogP contribution is 2.35. The van der Waals surface area contributed by atoms with Crippen LogP contribution in [0.15, 0.2) is 30.3 Å². The van der Waals surface area contributed by atoms with Crippen LogP contribution in [0.5, 0.6) is 0 Å². The maximum Gasteiger partial charge on any atom is 0.308 e. The van der Waals surface area contributed by atoms with Crippen molar-refractivity contribution in [3.63, 3.8) is 0 Å². The molecule has 4 heteroatoms. The highest BCUT2D eigenvalue weighted by Gasteiger charge is 2.37. The molecule has 0 unspecified atom stereocenters. The van der Waals surface area contributed by atoms with Crippen molar-refractivity contribution in [2.75, 3.05) is 13.6 Å². The average molecular weight is 242 g/mol. The first kappa shape index (κ1) is 13.0. The van der Waals surface area contributed by atoms with E-state index in [9.17, 15) is 4.79 Å². The van der Waals surface area contributed by atoms with E-state index in [4.69, 9.17) is 5.11 Å². The molecule has 0 spiro atoms. The standard InChI is InChI=1S/C12H15NO2.ClH/c1-13-8-7-10(12(14)15)11(13)9-5-3-2-4-6-9;/h2-6,10-11H,7-8H2,1H3,(H,14,15);1H/t10-,11-;/m0./s1. The predicted molar refractivity (Wildman–Crippen MR) is 64.8 cm³/mol. The Labute approximate surface area is 101 Å². The molecule has 1 aromatic carbocycles. The Morgan fingerprint density at radius 1 is 1.38 bits per heavy atom. The van der Waals surface area contributed by atoms with Crippen LogP contribution < -0.4 is 0 Å². The number of carboxylic acids is 1. The zero-order chi connectivity index (χ0) is 10.8. The van der Waals surface area contributed by atoms with Gasteiger partial charge < -0.3 is 5.11 Å². The first-order chi connectivity index (χ1) is 7.20. The number of rotatable bonds is 2. The fourth-order valence-corrected chi connectivity index (χ4v) is 2.34. The van der Waals surface area contributed by atoms with Gasteiger partial charge in [0, 0.05) is 6.04 Å². The zero-order valence-electron chi connectivity index (χ0n) is 9.17. The summed E-state index contributed by atoms with van der Waals surface area (Å²) in [6.45, 7) is 0.858. The Morgan fingerprint density at radius 2 is 2.00 bits per heavy atom. The van der Waals surface area contributed by atoms with E-state index in [1.54, 1.807) is 0 Å². The van der Waals surface area contributed by atoms with Gasteiger partial charge in [0.15, 0.2) is 0 Å². The third kappa shape index (κ3) is 2.36. The molecule has 0 bridgehead atoms. The smallest absolute Gasteiger partial charge is 0.308 e. The number of carbonyl (C=O) groups is 1. The monoisotopic (exact) mass is 241 g/mol. The Hall–Kier alpha value is -1.06. The van der Waals surface area contributed by atoms with Crippen molar-refractivity contribution in [2.24, 2.45) is 5.92 Å². The van der Waals surface area contributed by atoms with E-state index in [1.807, 2.05) is 37.4 Å². The van der Waals surface area contributed by atoms with E-state index in [-0.39, 0.29) is 24.4 Å². The minimum Gasteiger partial charge on any atom is -0.481 e. The van der Waals surface area contributed by atoms with Crippen LogP contribution in [-0.4, -0.2) is 29.6 Å². The van der Waals surface area contributed by atoms with Crippen LogP contribution in [0.3, 0.4) is 0 Å². The third-order valence-corrected chi connectivity index (χ3v) is 3.11. The van der Waals surface area contributed by atoms with E-state index in [2.05, 4.69) is 4.90 Å². The molecule has 0 radical (unpaired) electrons. The first-order valence-corrected chi connectivity index (χ1v) is 5.18. The maximum atomic E-state index is 11.1. The van der Waals surface area contributed by atoms with Gasteiger partial charge in [0.2, 0.25) is 0 Å². The fourth-order valence-electron chi connectivity index (χ4n) is 2.34. The molecule has 1 N–H and O–H groups in total. The fraction of sp³-hybridized carbons (Fsp3) is 0.417. The van der Waals surface area contributed by atoms with Gasteiger partial charge in [-0.25, -0.2) is 0 Å². The quantitative estimate of drug-likeness (QED) is 0.863. The van der Waals surface area contributed by atoms with Gasteiger partial charge in [-0.15, -0.1) is 12.4 Å². The van der Waals surface area contributed by atoms with Crippen LogP contribution in [-0.2, 0) is 4.79 Å². The molecule has 0 saturated carbocycles. The lowest BCUT2D eigenvalue weighted by molar-refractivity contribution is -0.142. The van der Waals surface area contributed by atoms with Crippen molar-refractivity contribution in [1.29, 1.82) is 0 Å². The summed E-state index contributed by atoms with van der Waals surface area (Å²) in [5.41, 5.74) is 1.10. The number of likely N-dealkylation sites (tertiary alicyclic amines) is 1. The zero-order valence-corrected chi connectivity index (χ0v) is 9.98. The summed E-state index contributed by atoms with van der Waals surface area (Å²) < 4.78 is 0. The molecule has 1 saturated heterocycles. The van der Waals surface area contributed by atoms with Crippen molar-refractivity contribution in [1.82, 2.24) is 4.90 Å². The van der Waals surface area contributed by atoms with Gasteiger partial charge in [0.05, 0.1) is 5.92 Å². The summed E-state index contributed by atoms with van der Waals surface area (Å²) in [5.74, 6) is -0.953. The topological polar surface area (TPSA) is 40.5 Å². The van der Waals surface area contributed by atoms with Crippen LogP contribution in [0.25, 0.3) is 0 Å². The number of carboxylic acid groups (broad SMARTS) is 1. The van der Waals surface area contributed by atoms with E-state index in [1.165, 1.54) is 0 Å². The number of hydrogen-bond donors (Lipinski definition) is 1. The lowest BCUT2D eigenvalue weighted by Gasteiger charge is -2.23. The summed E-state index contributed by atoms with van der Waals surface area (Å²) in [6.07, 6.45) is 0.741. The lowest BCUT2D eigenvalue weighted by atomic mass is 9.94. The average Bonchev–Trinajstić information content (AvgIpc) is 2.61. The number of hydrogen-bond acceptors (Lipinski definition) is 2. The van der Waals surface area contributed by atoms with Crippen molar-refractivity contribution >= 4 is 18.4 Å². The first-order valence-electron chi connectivity index (χ1n) is 5.18. The SMILES string of the molecule is CN1CC[C@H](C(=O)O)[C@@H]1c1ccccc1.Cl. The van der Waals surface area contributed by atoms with Gasteiger partial charge in [0.25, 0.3) is 0 Å². The van der Waals surface area contributed by atoms with Gasteiger partial charge in [0.1, 0.15) is 0 Å². The number of nitrogens with zero attached hydrogens (tertiary/aromatic N) is 1. The van der Waals surface area contributed by atoms with Crippen LogP contribution in [0.1, 0.15) is 18.0 Å². The van der Waals surface area contributed by atoms with Gasteiger partial charge in [-0.1, -0.05) is 30.3 Å². The van der Waals surface area contributed by atoms with Crippen molar-refractivity contribution in [2.45, 2.75) is 12.5 Å². The van der Waals surface area contributed by atoms with Gasteiger partial charge >= 0.3 is 5.97 Å². The largest absolute Gasteiger partial charge is 0.481 e. The summed E-state index contributed by atoms with van der Waals surface area (Å²) in [4.78, 5) is 13.2. The molecule has 0 aromatic heterocycles. The molecule has 2 atom stereocenters. The van der Waals surface area contributed by atoms with Gasteiger partial charge in [-0.05, 0) is 25.6 Å². The van der Waals surface area contributed by atoms with Crippen molar-refractivity contribution in [3.8, 4) is 0 Å². The molecule has 1 heterocycles. The molecule has 1 aliphatic heterocycles. The Balaban J connectivity index is 0.00000128. The maximum absolute atomic E-state index is 11.1. The normalized spacial score (nSPS) is 25.1. The summed E-state index contributed by atoms with van der Waals surface area (Å²) in [5, 5.41) is 9.14. The molecule has 16 heavy (non-hydrogen) atoms. The summed E-state index contributed by atoms with van der Waals surface area (Å²) >= 11 is 0. The molecule has 1 aliphatic rings. The second kappa shape index (κ2) is 5.32. The second-order valence-corrected chi connectivity index (χ2v) is 4.07.